The molecule has 1 atom stereocenters. The number of ether oxygens (including phenoxy) is 1. The molecule has 0 aliphatic rings. The highest BCUT2D eigenvalue weighted by molar-refractivity contribution is 5.31. The molecule has 30 heavy (non-hydrogen) atoms. The van der Waals surface area contributed by atoms with Gasteiger partial charge in [0.1, 0.15) is 5.75 Å². The Kier molecular flexibility index (Phi) is 8.83. The number of aryl methyl sites for hydroxylation is 1. The zero-order chi connectivity index (χ0) is 21.8. The van der Waals surface area contributed by atoms with E-state index < -0.39 is 11.7 Å². The molecule has 2 aromatic carbocycles. The van der Waals surface area contributed by atoms with Crippen molar-refractivity contribution in [1.82, 2.24) is 5.32 Å². The van der Waals surface area contributed by atoms with Gasteiger partial charge in [0, 0.05) is 22.4 Å². The van der Waals surface area contributed by atoms with Crippen LogP contribution in [0.2, 0.25) is 0 Å². The van der Waals surface area contributed by atoms with Crippen LogP contribution >= 0.6 is 0 Å². The fourth-order valence-electron chi connectivity index (χ4n) is 2.79. The van der Waals surface area contributed by atoms with E-state index in [2.05, 4.69) is 25.4 Å². The SMILES string of the molecule is [N-]=[N+]=NCOc1cccc([C@H](CN=[N+]=[N-])NCCCc2ccc(C(F)(F)F)cc2)c1. The van der Waals surface area contributed by atoms with E-state index in [-0.39, 0.29) is 19.3 Å². The largest absolute Gasteiger partial charge is 0.488 e. The Hall–Kier alpha value is -3.39. The lowest BCUT2D eigenvalue weighted by molar-refractivity contribution is -0.137. The van der Waals surface area contributed by atoms with Crippen molar-refractivity contribution < 1.29 is 17.9 Å². The minimum atomic E-state index is -4.34. The number of alkyl halides is 3. The molecule has 0 saturated carbocycles. The predicted molar refractivity (Wildman–Crippen MR) is 106 cm³/mol. The van der Waals surface area contributed by atoms with Gasteiger partial charge < -0.3 is 10.1 Å². The van der Waals surface area contributed by atoms with Gasteiger partial charge in [0.15, 0.2) is 6.73 Å². The number of hydrogen-bond donors (Lipinski definition) is 1. The number of halogens is 3. The third-order valence-electron chi connectivity index (χ3n) is 4.25. The molecule has 0 aromatic heterocycles. The first-order valence-corrected chi connectivity index (χ1v) is 9.08. The van der Waals surface area contributed by atoms with Gasteiger partial charge in [0.05, 0.1) is 5.56 Å². The molecule has 0 fully saturated rings. The molecule has 0 bridgehead atoms. The van der Waals surface area contributed by atoms with Crippen molar-refractivity contribution in [2.45, 2.75) is 25.1 Å². The van der Waals surface area contributed by atoms with Gasteiger partial charge in [-0.1, -0.05) is 34.5 Å². The van der Waals surface area contributed by atoms with Crippen LogP contribution in [0.1, 0.15) is 29.2 Å². The van der Waals surface area contributed by atoms with Crippen LogP contribution in [0.5, 0.6) is 5.75 Å². The molecule has 0 aliphatic heterocycles. The highest BCUT2D eigenvalue weighted by Crippen LogP contribution is 2.29. The summed E-state index contributed by atoms with van der Waals surface area (Å²) in [5, 5.41) is 10.2. The molecule has 8 nitrogen and oxygen atoms in total. The Bertz CT molecular complexity index is 905. The first kappa shape index (κ1) is 22.9. The fourth-order valence-corrected chi connectivity index (χ4v) is 2.79. The molecule has 0 spiro atoms. The van der Waals surface area contributed by atoms with Crippen molar-refractivity contribution in [3.63, 3.8) is 0 Å². The third-order valence-corrected chi connectivity index (χ3v) is 4.25. The second-order valence-electron chi connectivity index (χ2n) is 6.30. The van der Waals surface area contributed by atoms with Gasteiger partial charge in [-0.15, -0.1) is 0 Å². The van der Waals surface area contributed by atoms with Crippen molar-refractivity contribution in [3.8, 4) is 5.75 Å². The first-order valence-electron chi connectivity index (χ1n) is 9.08. The third kappa shape index (κ3) is 7.56. The normalized spacial score (nSPS) is 11.8. The second kappa shape index (κ2) is 11.6. The van der Waals surface area contributed by atoms with E-state index in [1.165, 1.54) is 12.1 Å². The van der Waals surface area contributed by atoms with Crippen LogP contribution in [-0.2, 0) is 12.6 Å². The zero-order valence-electron chi connectivity index (χ0n) is 16.0. The van der Waals surface area contributed by atoms with Crippen LogP contribution in [0.15, 0.2) is 58.8 Å². The van der Waals surface area contributed by atoms with Crippen LogP contribution in [0.25, 0.3) is 20.9 Å². The van der Waals surface area contributed by atoms with Crippen LogP contribution in [0.4, 0.5) is 13.2 Å². The number of azide groups is 2. The smallest absolute Gasteiger partial charge is 0.416 e. The van der Waals surface area contributed by atoms with Crippen molar-refractivity contribution in [2.24, 2.45) is 10.2 Å². The Morgan fingerprint density at radius 2 is 1.77 bits per heavy atom. The second-order valence-corrected chi connectivity index (χ2v) is 6.30. The minimum Gasteiger partial charge on any atom is -0.488 e. The Morgan fingerprint density at radius 1 is 1.03 bits per heavy atom. The van der Waals surface area contributed by atoms with Crippen LogP contribution < -0.4 is 10.1 Å². The van der Waals surface area contributed by atoms with Crippen LogP contribution in [0, 0.1) is 0 Å². The molecule has 0 saturated heterocycles. The van der Waals surface area contributed by atoms with E-state index in [9.17, 15) is 13.2 Å². The zero-order valence-corrected chi connectivity index (χ0v) is 16.0. The van der Waals surface area contributed by atoms with Gasteiger partial charge in [-0.3, -0.25) is 0 Å². The lowest BCUT2D eigenvalue weighted by atomic mass is 10.0. The maximum atomic E-state index is 12.6. The van der Waals surface area contributed by atoms with E-state index in [1.807, 2.05) is 6.07 Å². The Labute approximate surface area is 170 Å². The average molecular weight is 419 g/mol. The summed E-state index contributed by atoms with van der Waals surface area (Å²) in [6.45, 7) is 0.606. The summed E-state index contributed by atoms with van der Waals surface area (Å²) in [5.41, 5.74) is 17.9. The topological polar surface area (TPSA) is 119 Å². The number of benzene rings is 2. The molecule has 2 aromatic rings. The molecular weight excluding hydrogens is 399 g/mol. The van der Waals surface area contributed by atoms with E-state index in [4.69, 9.17) is 15.8 Å². The number of rotatable bonds is 11. The van der Waals surface area contributed by atoms with E-state index in [0.717, 1.165) is 23.3 Å². The van der Waals surface area contributed by atoms with E-state index >= 15 is 0 Å². The quantitative estimate of drug-likeness (QED) is 0.210. The Balaban J connectivity index is 1.93. The standard InChI is InChI=1S/C19H20F3N7O/c20-19(21,22)16-8-6-14(7-9-16)3-2-10-25-18(12-26-28-23)15-4-1-5-17(11-15)30-13-27-29-24/h1,4-9,11,18,25H,2-3,10,12-13H2/t18-/m0/s1. The monoisotopic (exact) mass is 419 g/mol. The number of nitrogens with one attached hydrogen (secondary N) is 1. The summed E-state index contributed by atoms with van der Waals surface area (Å²) in [6.07, 6.45) is -3.05. The molecule has 11 heteroatoms. The molecular formula is C19H20F3N7O. The first-order chi connectivity index (χ1) is 14.4. The van der Waals surface area contributed by atoms with Gasteiger partial charge in [0.25, 0.3) is 0 Å². The van der Waals surface area contributed by atoms with Crippen molar-refractivity contribution in [3.05, 3.63) is 86.1 Å². The molecule has 158 valence electrons. The molecule has 1 N–H and O–H groups in total. The van der Waals surface area contributed by atoms with Gasteiger partial charge in [-0.05, 0) is 65.8 Å². The maximum absolute atomic E-state index is 12.6. The van der Waals surface area contributed by atoms with Gasteiger partial charge >= 0.3 is 6.18 Å². The molecule has 0 aliphatic carbocycles. The predicted octanol–water partition coefficient (Wildman–Crippen LogP) is 5.93. The van der Waals surface area contributed by atoms with Gasteiger partial charge in [0.2, 0.25) is 0 Å². The van der Waals surface area contributed by atoms with Crippen molar-refractivity contribution >= 4 is 0 Å². The van der Waals surface area contributed by atoms with Gasteiger partial charge in [-0.2, -0.15) is 13.2 Å². The fraction of sp³-hybridized carbons (Fsp3) is 0.368. The van der Waals surface area contributed by atoms with Crippen molar-refractivity contribution in [1.29, 1.82) is 0 Å². The maximum Gasteiger partial charge on any atom is 0.416 e. The summed E-state index contributed by atoms with van der Waals surface area (Å²) in [6, 6.07) is 11.9. The summed E-state index contributed by atoms with van der Waals surface area (Å²) in [4.78, 5) is 5.41. The molecule has 0 radical (unpaired) electrons. The summed E-state index contributed by atoms with van der Waals surface area (Å²) >= 11 is 0. The lowest BCUT2D eigenvalue weighted by Gasteiger charge is -2.18. The summed E-state index contributed by atoms with van der Waals surface area (Å²) < 4.78 is 43.2. The lowest BCUT2D eigenvalue weighted by Crippen LogP contribution is -2.25. The highest BCUT2D eigenvalue weighted by atomic mass is 19.4. The minimum absolute atomic E-state index is 0.137. The Morgan fingerprint density at radius 3 is 2.43 bits per heavy atom. The molecule has 0 heterocycles. The van der Waals surface area contributed by atoms with Crippen LogP contribution in [-0.4, -0.2) is 19.8 Å². The summed E-state index contributed by atoms with van der Waals surface area (Å²) in [7, 11) is 0. The molecule has 2 rings (SSSR count). The van der Waals surface area contributed by atoms with E-state index in [0.29, 0.717) is 25.1 Å². The highest BCUT2D eigenvalue weighted by Gasteiger charge is 2.29. The van der Waals surface area contributed by atoms with Crippen LogP contribution in [0.3, 0.4) is 0 Å². The molecule has 0 amide bonds. The number of nitrogens with zero attached hydrogens (tertiary/aromatic N) is 6. The van der Waals surface area contributed by atoms with E-state index in [1.54, 1.807) is 18.2 Å². The molecule has 0 unspecified atom stereocenters. The summed E-state index contributed by atoms with van der Waals surface area (Å²) in [5.74, 6) is 0.511. The average Bonchev–Trinajstić information content (AvgIpc) is 2.73. The van der Waals surface area contributed by atoms with Gasteiger partial charge in [-0.25, -0.2) is 0 Å². The van der Waals surface area contributed by atoms with Crippen molar-refractivity contribution in [2.75, 3.05) is 19.8 Å². The number of hydrogen-bond acceptors (Lipinski definition) is 4.